The average molecular weight is 315 g/mol. The number of carbonyl (C=O) groups is 2. The van der Waals surface area contributed by atoms with Crippen LogP contribution >= 0.6 is 0 Å². The van der Waals surface area contributed by atoms with Gasteiger partial charge in [0.05, 0.1) is 5.92 Å². The number of likely N-dealkylation sites (N-methyl/N-ethyl adjacent to an activating group) is 1. The summed E-state index contributed by atoms with van der Waals surface area (Å²) in [6.45, 7) is 5.47. The zero-order valence-electron chi connectivity index (χ0n) is 14.0. The van der Waals surface area contributed by atoms with E-state index in [1.807, 2.05) is 0 Å². The van der Waals surface area contributed by atoms with E-state index in [0.29, 0.717) is 12.8 Å². The molecule has 0 radical (unpaired) electrons. The molecule has 2 aliphatic heterocycles. The molecule has 0 spiro atoms. The predicted octanol–water partition coefficient (Wildman–Crippen LogP) is 0.981. The Hall–Kier alpha value is -1.72. The van der Waals surface area contributed by atoms with Crippen LogP contribution in [0.2, 0.25) is 0 Å². The van der Waals surface area contributed by atoms with Crippen LogP contribution in [0.5, 0.6) is 0 Å². The molecule has 1 aromatic carbocycles. The van der Waals surface area contributed by atoms with Crippen molar-refractivity contribution in [2.45, 2.75) is 19.4 Å². The number of piperazine rings is 1. The second kappa shape index (κ2) is 6.81. The van der Waals surface area contributed by atoms with Crippen molar-refractivity contribution in [2.24, 2.45) is 5.92 Å². The summed E-state index contributed by atoms with van der Waals surface area (Å²) in [6.07, 6.45) is 1.00. The highest BCUT2D eigenvalue weighted by molar-refractivity contribution is 6.03. The molecular weight excluding hydrogens is 290 g/mol. The third kappa shape index (κ3) is 3.79. The molecule has 2 aliphatic rings. The van der Waals surface area contributed by atoms with Gasteiger partial charge in [-0.25, -0.2) is 0 Å². The van der Waals surface area contributed by atoms with Crippen LogP contribution in [0.15, 0.2) is 24.3 Å². The van der Waals surface area contributed by atoms with E-state index in [9.17, 15) is 9.59 Å². The molecule has 5 heteroatoms. The highest BCUT2D eigenvalue weighted by atomic mass is 16.2. The second-order valence-corrected chi connectivity index (χ2v) is 6.79. The zero-order valence-corrected chi connectivity index (χ0v) is 14.0. The molecule has 2 fully saturated rings. The Morgan fingerprint density at radius 1 is 0.957 bits per heavy atom. The van der Waals surface area contributed by atoms with Crippen LogP contribution in [0.3, 0.4) is 0 Å². The van der Waals surface area contributed by atoms with Gasteiger partial charge in [0.2, 0.25) is 11.8 Å². The summed E-state index contributed by atoms with van der Waals surface area (Å²) in [7, 11) is 3.74. The third-order valence-corrected chi connectivity index (χ3v) is 4.98. The molecule has 0 saturated carbocycles. The molecule has 0 N–H and O–H groups in total. The van der Waals surface area contributed by atoms with Gasteiger partial charge in [-0.15, -0.1) is 0 Å². The first-order valence-electron chi connectivity index (χ1n) is 8.32. The Labute approximate surface area is 137 Å². The van der Waals surface area contributed by atoms with Crippen molar-refractivity contribution in [3.05, 3.63) is 35.4 Å². The van der Waals surface area contributed by atoms with Gasteiger partial charge in [0.15, 0.2) is 0 Å². The lowest BCUT2D eigenvalue weighted by Gasteiger charge is -2.32. The van der Waals surface area contributed by atoms with E-state index in [4.69, 9.17) is 0 Å². The van der Waals surface area contributed by atoms with Crippen molar-refractivity contribution in [1.82, 2.24) is 14.7 Å². The molecule has 1 atom stereocenters. The average Bonchev–Trinajstić information content (AvgIpc) is 2.79. The van der Waals surface area contributed by atoms with Crippen LogP contribution in [0.4, 0.5) is 0 Å². The normalized spacial score (nSPS) is 23.7. The van der Waals surface area contributed by atoms with E-state index < -0.39 is 0 Å². The minimum Gasteiger partial charge on any atom is -0.304 e. The van der Waals surface area contributed by atoms with Gasteiger partial charge in [-0.2, -0.15) is 0 Å². The maximum Gasteiger partial charge on any atom is 0.232 e. The number of hydrogen-bond donors (Lipinski definition) is 0. The second-order valence-electron chi connectivity index (χ2n) is 6.79. The van der Waals surface area contributed by atoms with Gasteiger partial charge < -0.3 is 4.90 Å². The molecule has 3 rings (SSSR count). The van der Waals surface area contributed by atoms with E-state index in [0.717, 1.165) is 38.3 Å². The fourth-order valence-corrected chi connectivity index (χ4v) is 3.32. The van der Waals surface area contributed by atoms with Crippen LogP contribution in [0.1, 0.15) is 17.5 Å². The van der Waals surface area contributed by atoms with E-state index in [2.05, 4.69) is 41.1 Å². The maximum absolute atomic E-state index is 12.0. The van der Waals surface area contributed by atoms with E-state index in [-0.39, 0.29) is 17.7 Å². The quantitative estimate of drug-likeness (QED) is 0.777. The number of hydrogen-bond acceptors (Lipinski definition) is 4. The fourth-order valence-electron chi connectivity index (χ4n) is 3.32. The Morgan fingerprint density at radius 3 is 2.13 bits per heavy atom. The molecule has 124 valence electrons. The topological polar surface area (TPSA) is 43.9 Å². The Balaban J connectivity index is 1.55. The fraction of sp³-hybridized carbons (Fsp3) is 0.556. The molecule has 2 amide bonds. The van der Waals surface area contributed by atoms with Gasteiger partial charge in [0, 0.05) is 46.2 Å². The molecule has 0 bridgehead atoms. The van der Waals surface area contributed by atoms with Crippen LogP contribution in [0, 0.1) is 5.92 Å². The van der Waals surface area contributed by atoms with Crippen LogP contribution < -0.4 is 0 Å². The van der Waals surface area contributed by atoms with Gasteiger partial charge in [-0.1, -0.05) is 24.3 Å². The van der Waals surface area contributed by atoms with E-state index in [1.54, 1.807) is 7.05 Å². The Kier molecular flexibility index (Phi) is 4.78. The largest absolute Gasteiger partial charge is 0.304 e. The maximum atomic E-state index is 12.0. The Bertz CT molecular complexity index is 576. The van der Waals surface area contributed by atoms with Gasteiger partial charge in [0.1, 0.15) is 0 Å². The number of carbonyl (C=O) groups excluding carboxylic acids is 2. The number of rotatable bonds is 4. The van der Waals surface area contributed by atoms with Gasteiger partial charge >= 0.3 is 0 Å². The number of nitrogens with zero attached hydrogens (tertiary/aromatic N) is 3. The van der Waals surface area contributed by atoms with Crippen LogP contribution in [0.25, 0.3) is 0 Å². The monoisotopic (exact) mass is 315 g/mol. The summed E-state index contributed by atoms with van der Waals surface area (Å²) in [5, 5.41) is 0. The number of likely N-dealkylation sites (tertiary alicyclic amines) is 1. The van der Waals surface area contributed by atoms with E-state index >= 15 is 0 Å². The lowest BCUT2D eigenvalue weighted by molar-refractivity contribution is -0.137. The molecule has 5 nitrogen and oxygen atoms in total. The molecular formula is C18H25N3O2. The summed E-state index contributed by atoms with van der Waals surface area (Å²) >= 11 is 0. The minimum atomic E-state index is -0.184. The van der Waals surface area contributed by atoms with Crippen molar-refractivity contribution >= 4 is 11.8 Å². The standard InChI is InChI=1S/C18H25N3O2/c1-19-7-9-21(10-8-19)13-15-5-3-14(4-6-15)11-16-12-17(22)20(2)18(16)23/h3-6,16H,7-13H2,1-2H3. The van der Waals surface area contributed by atoms with Crippen molar-refractivity contribution in [1.29, 1.82) is 0 Å². The predicted molar refractivity (Wildman–Crippen MR) is 88.8 cm³/mol. The van der Waals surface area contributed by atoms with Crippen molar-refractivity contribution in [2.75, 3.05) is 40.3 Å². The molecule has 0 aliphatic carbocycles. The SMILES string of the molecule is CN1CCN(Cc2ccc(CC3CC(=O)N(C)C3=O)cc2)CC1. The lowest BCUT2D eigenvalue weighted by atomic mass is 9.97. The molecule has 23 heavy (non-hydrogen) atoms. The van der Waals surface area contributed by atoms with Crippen molar-refractivity contribution in [3.8, 4) is 0 Å². The van der Waals surface area contributed by atoms with Crippen LogP contribution in [-0.2, 0) is 22.6 Å². The smallest absolute Gasteiger partial charge is 0.232 e. The van der Waals surface area contributed by atoms with Gasteiger partial charge in [0.25, 0.3) is 0 Å². The highest BCUT2D eigenvalue weighted by Gasteiger charge is 2.35. The first kappa shape index (κ1) is 16.1. The zero-order chi connectivity index (χ0) is 16.4. The minimum absolute atomic E-state index is 0.0449. The molecule has 1 aromatic rings. The number of benzene rings is 1. The number of imide groups is 1. The summed E-state index contributed by atoms with van der Waals surface area (Å²) in [5.41, 5.74) is 2.44. The molecule has 2 saturated heterocycles. The molecule has 1 unspecified atom stereocenters. The first-order valence-corrected chi connectivity index (χ1v) is 8.32. The Morgan fingerprint density at radius 2 is 1.57 bits per heavy atom. The molecule has 0 aromatic heterocycles. The highest BCUT2D eigenvalue weighted by Crippen LogP contribution is 2.22. The first-order chi connectivity index (χ1) is 11.0. The van der Waals surface area contributed by atoms with Crippen molar-refractivity contribution in [3.63, 3.8) is 0 Å². The van der Waals surface area contributed by atoms with Crippen molar-refractivity contribution < 1.29 is 9.59 Å². The summed E-state index contributed by atoms with van der Waals surface area (Å²) < 4.78 is 0. The summed E-state index contributed by atoms with van der Waals surface area (Å²) in [4.78, 5) is 29.6. The summed E-state index contributed by atoms with van der Waals surface area (Å²) in [6, 6.07) is 8.50. The lowest BCUT2D eigenvalue weighted by Crippen LogP contribution is -2.43. The third-order valence-electron chi connectivity index (χ3n) is 4.98. The molecule has 2 heterocycles. The van der Waals surface area contributed by atoms with Crippen LogP contribution in [-0.4, -0.2) is 66.8 Å². The van der Waals surface area contributed by atoms with Gasteiger partial charge in [-0.3, -0.25) is 19.4 Å². The van der Waals surface area contributed by atoms with E-state index in [1.165, 1.54) is 10.5 Å². The summed E-state index contributed by atoms with van der Waals surface area (Å²) in [5.74, 6) is -0.292. The van der Waals surface area contributed by atoms with Gasteiger partial charge in [-0.05, 0) is 24.6 Å². The number of amides is 2.